The van der Waals surface area contributed by atoms with Gasteiger partial charge < -0.3 is 15.2 Å². The molecule has 13 heteroatoms. The van der Waals surface area contributed by atoms with E-state index in [0.29, 0.717) is 28.6 Å². The summed E-state index contributed by atoms with van der Waals surface area (Å²) in [6.07, 6.45) is -0.985. The number of aromatic nitrogens is 3. The molecule has 0 bridgehead atoms. The molecule has 1 unspecified atom stereocenters. The van der Waals surface area contributed by atoms with Gasteiger partial charge in [-0.05, 0) is 43.7 Å². The highest BCUT2D eigenvalue weighted by molar-refractivity contribution is 7.85. The topological polar surface area (TPSA) is 100 Å². The Morgan fingerprint density at radius 2 is 1.79 bits per heavy atom. The largest absolute Gasteiger partial charge is 0.421 e. The number of pyridine rings is 1. The van der Waals surface area contributed by atoms with Crippen LogP contribution >= 0.6 is 7.14 Å². The highest BCUT2D eigenvalue weighted by Gasteiger charge is 2.35. The van der Waals surface area contributed by atoms with E-state index in [2.05, 4.69) is 25.6 Å². The quantitative estimate of drug-likeness (QED) is 0.436. The SMILES string of the molecule is CN(c1ncccc1CNc1nc(Nc2ccc(P(C)(C)=O)cc2)ncc1C(F)(F)F)S(C)=O. The Hall–Kier alpha value is -2.98. The number of benzene rings is 1. The van der Waals surface area contributed by atoms with Crippen LogP contribution in [0.25, 0.3) is 0 Å². The molecule has 1 aromatic carbocycles. The first-order valence-corrected chi connectivity index (χ1v) is 14.1. The maximum atomic E-state index is 13.6. The number of rotatable bonds is 8. The van der Waals surface area contributed by atoms with Gasteiger partial charge in [-0.15, -0.1) is 0 Å². The van der Waals surface area contributed by atoms with Gasteiger partial charge in [-0.3, -0.25) is 4.31 Å². The summed E-state index contributed by atoms with van der Waals surface area (Å²) in [5.74, 6) is -0.0815. The minimum Gasteiger partial charge on any atom is -0.365 e. The van der Waals surface area contributed by atoms with Crippen molar-refractivity contribution in [2.45, 2.75) is 12.7 Å². The summed E-state index contributed by atoms with van der Waals surface area (Å²) in [4.78, 5) is 12.0. The molecule has 0 saturated heterocycles. The number of hydrogen-bond donors (Lipinski definition) is 2. The first-order valence-electron chi connectivity index (χ1n) is 9.98. The smallest absolute Gasteiger partial charge is 0.365 e. The van der Waals surface area contributed by atoms with Gasteiger partial charge in [-0.25, -0.2) is 14.2 Å². The predicted octanol–water partition coefficient (Wildman–Crippen LogP) is 4.22. The van der Waals surface area contributed by atoms with Crippen molar-refractivity contribution in [3.63, 3.8) is 0 Å². The molecular weight excluding hydrogens is 488 g/mol. The summed E-state index contributed by atoms with van der Waals surface area (Å²) in [6.45, 7) is 3.26. The van der Waals surface area contributed by atoms with Gasteiger partial charge in [0.1, 0.15) is 35.3 Å². The molecule has 1 atom stereocenters. The predicted molar refractivity (Wildman–Crippen MR) is 130 cm³/mol. The maximum absolute atomic E-state index is 13.6. The van der Waals surface area contributed by atoms with E-state index in [1.54, 1.807) is 56.8 Å². The van der Waals surface area contributed by atoms with Crippen molar-refractivity contribution in [3.8, 4) is 0 Å². The van der Waals surface area contributed by atoms with E-state index >= 15 is 0 Å². The lowest BCUT2D eigenvalue weighted by atomic mass is 10.2. The molecule has 34 heavy (non-hydrogen) atoms. The molecule has 0 fully saturated rings. The zero-order chi connectivity index (χ0) is 25.1. The van der Waals surface area contributed by atoms with Crippen molar-refractivity contribution in [1.82, 2.24) is 15.0 Å². The molecule has 0 aliphatic heterocycles. The molecule has 0 aliphatic rings. The third-order valence-corrected chi connectivity index (χ3v) is 7.32. The molecule has 0 aliphatic carbocycles. The molecule has 3 aromatic rings. The zero-order valence-electron chi connectivity index (χ0n) is 18.9. The van der Waals surface area contributed by atoms with Crippen LogP contribution in [0.15, 0.2) is 48.8 Å². The standard InChI is InChI=1S/C21H24F3N6O2PS/c1-30(34(4)32)19-14(6-5-11-25-19)12-26-18-17(21(22,23)24)13-27-20(29-18)28-15-7-9-16(10-8-15)33(2,3)31/h5-11,13H,12H2,1-4H3,(H2,26,27,28,29). The second kappa shape index (κ2) is 10.1. The fraction of sp³-hybridized carbons (Fsp3) is 0.286. The van der Waals surface area contributed by atoms with Gasteiger partial charge in [0.05, 0.1) is 0 Å². The second-order valence-electron chi connectivity index (χ2n) is 7.74. The number of anilines is 4. The van der Waals surface area contributed by atoms with E-state index in [1.807, 2.05) is 0 Å². The Morgan fingerprint density at radius 3 is 2.38 bits per heavy atom. The lowest BCUT2D eigenvalue weighted by Gasteiger charge is -2.19. The summed E-state index contributed by atoms with van der Waals surface area (Å²) in [7, 11) is -2.21. The first-order chi connectivity index (χ1) is 15.9. The second-order valence-corrected chi connectivity index (χ2v) is 12.4. The molecule has 0 spiro atoms. The average molecular weight is 512 g/mol. The zero-order valence-corrected chi connectivity index (χ0v) is 20.6. The van der Waals surface area contributed by atoms with Crippen molar-refractivity contribution in [2.24, 2.45) is 0 Å². The van der Waals surface area contributed by atoms with Crippen molar-refractivity contribution < 1.29 is 21.9 Å². The number of alkyl halides is 3. The molecule has 2 heterocycles. The Morgan fingerprint density at radius 1 is 1.12 bits per heavy atom. The van der Waals surface area contributed by atoms with Gasteiger partial charge in [0, 0.05) is 48.8 Å². The third kappa shape index (κ3) is 6.32. The highest BCUT2D eigenvalue weighted by Crippen LogP contribution is 2.36. The van der Waals surface area contributed by atoms with Crippen LogP contribution in [-0.2, 0) is 28.3 Å². The maximum Gasteiger partial charge on any atom is 0.421 e. The fourth-order valence-corrected chi connectivity index (χ4v) is 4.24. The molecule has 0 radical (unpaired) electrons. The van der Waals surface area contributed by atoms with Gasteiger partial charge in [-0.2, -0.15) is 18.2 Å². The van der Waals surface area contributed by atoms with Crippen LogP contribution in [0.5, 0.6) is 0 Å². The van der Waals surface area contributed by atoms with Gasteiger partial charge in [0.25, 0.3) is 0 Å². The minimum atomic E-state index is -4.68. The molecule has 182 valence electrons. The molecule has 2 N–H and O–H groups in total. The summed E-state index contributed by atoms with van der Waals surface area (Å²) < 4.78 is 66.1. The Bertz CT molecular complexity index is 1230. The van der Waals surface area contributed by atoms with Crippen LogP contribution in [-0.4, -0.2) is 45.8 Å². The Labute approximate surface area is 198 Å². The number of nitrogens with zero attached hydrogens (tertiary/aromatic N) is 4. The monoisotopic (exact) mass is 512 g/mol. The van der Waals surface area contributed by atoms with E-state index in [-0.39, 0.29) is 12.5 Å². The van der Waals surface area contributed by atoms with E-state index in [0.717, 1.165) is 0 Å². The van der Waals surface area contributed by atoms with Crippen molar-refractivity contribution in [3.05, 3.63) is 59.9 Å². The fourth-order valence-electron chi connectivity index (χ4n) is 2.97. The van der Waals surface area contributed by atoms with E-state index in [9.17, 15) is 21.9 Å². The van der Waals surface area contributed by atoms with Crippen LogP contribution < -0.4 is 20.2 Å². The van der Waals surface area contributed by atoms with Crippen LogP contribution in [0.4, 0.5) is 36.4 Å². The number of hydrogen-bond acceptors (Lipinski definition) is 7. The lowest BCUT2D eigenvalue weighted by molar-refractivity contribution is -0.137. The molecule has 8 nitrogen and oxygen atoms in total. The summed E-state index contributed by atoms with van der Waals surface area (Å²) in [6, 6.07) is 10.0. The number of nitrogens with one attached hydrogen (secondary N) is 2. The Balaban J connectivity index is 1.88. The lowest BCUT2D eigenvalue weighted by Crippen LogP contribution is -2.22. The van der Waals surface area contributed by atoms with Gasteiger partial charge in [0.15, 0.2) is 0 Å². The molecule has 0 amide bonds. The van der Waals surface area contributed by atoms with Gasteiger partial charge in [-0.1, -0.05) is 6.07 Å². The molecular formula is C21H24F3N6O2PS. The first kappa shape index (κ1) is 25.6. The third-order valence-electron chi connectivity index (χ3n) is 4.84. The van der Waals surface area contributed by atoms with Crippen molar-refractivity contribution in [2.75, 3.05) is 41.6 Å². The van der Waals surface area contributed by atoms with E-state index in [4.69, 9.17) is 0 Å². The van der Waals surface area contributed by atoms with Gasteiger partial charge in [0.2, 0.25) is 5.95 Å². The van der Waals surface area contributed by atoms with Crippen molar-refractivity contribution in [1.29, 1.82) is 0 Å². The molecule has 2 aromatic heterocycles. The van der Waals surface area contributed by atoms with Gasteiger partial charge >= 0.3 is 6.18 Å². The highest BCUT2D eigenvalue weighted by atomic mass is 32.2. The van der Waals surface area contributed by atoms with Crippen LogP contribution in [0, 0.1) is 0 Å². The van der Waals surface area contributed by atoms with Crippen LogP contribution in [0.1, 0.15) is 11.1 Å². The van der Waals surface area contributed by atoms with Crippen molar-refractivity contribution >= 4 is 46.7 Å². The van der Waals surface area contributed by atoms with Crippen LogP contribution in [0.3, 0.4) is 0 Å². The van der Waals surface area contributed by atoms with E-state index < -0.39 is 35.7 Å². The normalized spacial score (nSPS) is 12.8. The average Bonchev–Trinajstić information content (AvgIpc) is 2.76. The summed E-state index contributed by atoms with van der Waals surface area (Å²) >= 11 is 0. The summed E-state index contributed by atoms with van der Waals surface area (Å²) in [5, 5.41) is 6.26. The minimum absolute atomic E-state index is 0.0404. The van der Waals surface area contributed by atoms with E-state index in [1.165, 1.54) is 16.8 Å². The number of halogens is 3. The van der Waals surface area contributed by atoms with Crippen LogP contribution in [0.2, 0.25) is 0 Å². The molecule has 3 rings (SSSR count). The molecule has 0 saturated carbocycles. The summed E-state index contributed by atoms with van der Waals surface area (Å²) in [5.41, 5.74) is 0.0502. The Kier molecular flexibility index (Phi) is 7.62.